The summed E-state index contributed by atoms with van der Waals surface area (Å²) in [6.07, 6.45) is 1.34. The molecule has 0 aliphatic heterocycles. The van der Waals surface area contributed by atoms with Crippen molar-refractivity contribution >= 4 is 5.97 Å². The molecule has 0 heterocycles. The molecule has 0 bridgehead atoms. The molecule has 0 fully saturated rings. The second-order valence-electron chi connectivity index (χ2n) is 5.01. The number of rotatable bonds is 6. The molecule has 2 rings (SSSR count). The summed E-state index contributed by atoms with van der Waals surface area (Å²) in [6, 6.07) is 15.3. The van der Waals surface area contributed by atoms with Gasteiger partial charge in [-0.05, 0) is 35.6 Å². The van der Waals surface area contributed by atoms with E-state index in [0.717, 1.165) is 28.9 Å². The maximum atomic E-state index is 11.6. The highest BCUT2D eigenvalue weighted by atomic mass is 16.5. The molecule has 0 aromatic heterocycles. The van der Waals surface area contributed by atoms with Crippen LogP contribution >= 0.6 is 0 Å². The topological polar surface area (TPSA) is 46.5 Å². The van der Waals surface area contributed by atoms with Crippen molar-refractivity contribution in [1.29, 1.82) is 0 Å². The van der Waals surface area contributed by atoms with E-state index in [1.807, 2.05) is 48.5 Å². The predicted molar refractivity (Wildman–Crippen MR) is 82.9 cm³/mol. The Balaban J connectivity index is 2.28. The second-order valence-corrected chi connectivity index (χ2v) is 5.01. The van der Waals surface area contributed by atoms with Gasteiger partial charge in [-0.15, -0.1) is 0 Å². The maximum absolute atomic E-state index is 11.6. The SMILES string of the molecule is CCc1cc(CC(C(=O)O)c2ccccc2)ccc1OC. The molecule has 110 valence electrons. The first-order valence-corrected chi connectivity index (χ1v) is 7.09. The summed E-state index contributed by atoms with van der Waals surface area (Å²) in [5.41, 5.74) is 2.95. The van der Waals surface area contributed by atoms with Gasteiger partial charge >= 0.3 is 5.97 Å². The van der Waals surface area contributed by atoms with Gasteiger partial charge in [0.2, 0.25) is 0 Å². The number of hydrogen-bond acceptors (Lipinski definition) is 2. The summed E-state index contributed by atoms with van der Waals surface area (Å²) < 4.78 is 5.31. The number of benzene rings is 2. The average molecular weight is 284 g/mol. The third-order valence-electron chi connectivity index (χ3n) is 3.67. The molecular weight excluding hydrogens is 264 g/mol. The fraction of sp³-hybridized carbons (Fsp3) is 0.278. The maximum Gasteiger partial charge on any atom is 0.311 e. The smallest absolute Gasteiger partial charge is 0.311 e. The summed E-state index contributed by atoms with van der Waals surface area (Å²) in [4.78, 5) is 11.6. The average Bonchev–Trinajstić information content (AvgIpc) is 2.52. The quantitative estimate of drug-likeness (QED) is 0.880. The lowest BCUT2D eigenvalue weighted by atomic mass is 9.91. The van der Waals surface area contributed by atoms with Crippen LogP contribution in [0.3, 0.4) is 0 Å². The van der Waals surface area contributed by atoms with Gasteiger partial charge in [-0.25, -0.2) is 0 Å². The Morgan fingerprint density at radius 3 is 2.48 bits per heavy atom. The first-order chi connectivity index (χ1) is 10.2. The minimum atomic E-state index is -0.796. The fourth-order valence-corrected chi connectivity index (χ4v) is 2.50. The first-order valence-electron chi connectivity index (χ1n) is 7.09. The Labute approximate surface area is 125 Å². The van der Waals surface area contributed by atoms with E-state index in [1.165, 1.54) is 0 Å². The van der Waals surface area contributed by atoms with Crippen molar-refractivity contribution < 1.29 is 14.6 Å². The Bertz CT molecular complexity index is 605. The van der Waals surface area contributed by atoms with E-state index in [4.69, 9.17) is 4.74 Å². The van der Waals surface area contributed by atoms with E-state index >= 15 is 0 Å². The number of carboxylic acids is 1. The van der Waals surface area contributed by atoms with Crippen LogP contribution in [-0.2, 0) is 17.6 Å². The summed E-state index contributed by atoms with van der Waals surface area (Å²) in [5.74, 6) is -0.466. The monoisotopic (exact) mass is 284 g/mol. The van der Waals surface area contributed by atoms with Gasteiger partial charge < -0.3 is 9.84 Å². The highest BCUT2D eigenvalue weighted by molar-refractivity contribution is 5.76. The molecule has 0 saturated heterocycles. The summed E-state index contributed by atoms with van der Waals surface area (Å²) in [7, 11) is 1.65. The zero-order valence-electron chi connectivity index (χ0n) is 12.4. The molecule has 0 aliphatic rings. The third-order valence-corrected chi connectivity index (χ3v) is 3.67. The Morgan fingerprint density at radius 2 is 1.90 bits per heavy atom. The van der Waals surface area contributed by atoms with Crippen LogP contribution in [0.5, 0.6) is 5.75 Å². The largest absolute Gasteiger partial charge is 0.496 e. The molecule has 2 aromatic carbocycles. The minimum Gasteiger partial charge on any atom is -0.496 e. The van der Waals surface area contributed by atoms with Crippen LogP contribution in [0.2, 0.25) is 0 Å². The molecule has 21 heavy (non-hydrogen) atoms. The molecule has 0 spiro atoms. The van der Waals surface area contributed by atoms with Crippen LogP contribution in [0.1, 0.15) is 29.5 Å². The molecule has 0 amide bonds. The van der Waals surface area contributed by atoms with E-state index in [-0.39, 0.29) is 0 Å². The van der Waals surface area contributed by atoms with Gasteiger partial charge in [-0.3, -0.25) is 4.79 Å². The van der Waals surface area contributed by atoms with Gasteiger partial charge in [0.25, 0.3) is 0 Å². The third kappa shape index (κ3) is 3.63. The lowest BCUT2D eigenvalue weighted by Crippen LogP contribution is -2.14. The first kappa shape index (κ1) is 15.1. The Morgan fingerprint density at radius 1 is 1.19 bits per heavy atom. The standard InChI is InChI=1S/C18H20O3/c1-3-14-11-13(9-10-17(14)21-2)12-16(18(19)20)15-7-5-4-6-8-15/h4-11,16H,3,12H2,1-2H3,(H,19,20). The highest BCUT2D eigenvalue weighted by Crippen LogP contribution is 2.25. The lowest BCUT2D eigenvalue weighted by Gasteiger charge is -2.14. The zero-order valence-corrected chi connectivity index (χ0v) is 12.4. The predicted octanol–water partition coefficient (Wildman–Crippen LogP) is 3.67. The van der Waals surface area contributed by atoms with Crippen molar-refractivity contribution in [3.05, 3.63) is 65.2 Å². The van der Waals surface area contributed by atoms with Crippen molar-refractivity contribution in [2.75, 3.05) is 7.11 Å². The molecule has 0 radical (unpaired) electrons. The van der Waals surface area contributed by atoms with Gasteiger partial charge in [0, 0.05) is 0 Å². The van der Waals surface area contributed by atoms with Gasteiger partial charge in [-0.2, -0.15) is 0 Å². The number of hydrogen-bond donors (Lipinski definition) is 1. The van der Waals surface area contributed by atoms with Crippen molar-refractivity contribution in [3.63, 3.8) is 0 Å². The van der Waals surface area contributed by atoms with E-state index in [9.17, 15) is 9.90 Å². The molecule has 2 aromatic rings. The number of aryl methyl sites for hydroxylation is 1. The van der Waals surface area contributed by atoms with Crippen LogP contribution in [0.25, 0.3) is 0 Å². The van der Waals surface area contributed by atoms with E-state index in [2.05, 4.69) is 6.92 Å². The summed E-state index contributed by atoms with van der Waals surface area (Å²) in [6.45, 7) is 2.06. The van der Waals surface area contributed by atoms with E-state index in [0.29, 0.717) is 6.42 Å². The molecular formula is C18H20O3. The minimum absolute atomic E-state index is 0.482. The van der Waals surface area contributed by atoms with Gasteiger partial charge in [0.1, 0.15) is 5.75 Å². The number of carbonyl (C=O) groups is 1. The summed E-state index contributed by atoms with van der Waals surface area (Å²) >= 11 is 0. The Kier molecular flexibility index (Phi) is 4.99. The molecule has 3 nitrogen and oxygen atoms in total. The number of aliphatic carboxylic acids is 1. The number of methoxy groups -OCH3 is 1. The Hall–Kier alpha value is -2.29. The molecule has 3 heteroatoms. The van der Waals surface area contributed by atoms with Crippen LogP contribution in [0.15, 0.2) is 48.5 Å². The van der Waals surface area contributed by atoms with E-state index < -0.39 is 11.9 Å². The molecule has 0 aliphatic carbocycles. The molecule has 1 atom stereocenters. The van der Waals surface area contributed by atoms with Crippen LogP contribution < -0.4 is 4.74 Å². The summed E-state index contributed by atoms with van der Waals surface area (Å²) in [5, 5.41) is 9.49. The van der Waals surface area contributed by atoms with Gasteiger partial charge in [-0.1, -0.05) is 49.4 Å². The lowest BCUT2D eigenvalue weighted by molar-refractivity contribution is -0.138. The second kappa shape index (κ2) is 6.93. The van der Waals surface area contributed by atoms with Gasteiger partial charge in [0.15, 0.2) is 0 Å². The van der Waals surface area contributed by atoms with E-state index in [1.54, 1.807) is 7.11 Å². The van der Waals surface area contributed by atoms with Crippen molar-refractivity contribution in [3.8, 4) is 5.75 Å². The van der Waals surface area contributed by atoms with Gasteiger partial charge in [0.05, 0.1) is 13.0 Å². The van der Waals surface area contributed by atoms with Crippen LogP contribution in [0, 0.1) is 0 Å². The number of carboxylic acid groups (broad SMARTS) is 1. The fourth-order valence-electron chi connectivity index (χ4n) is 2.50. The highest BCUT2D eigenvalue weighted by Gasteiger charge is 2.20. The van der Waals surface area contributed by atoms with Crippen LogP contribution in [0.4, 0.5) is 0 Å². The van der Waals surface area contributed by atoms with Crippen molar-refractivity contribution in [1.82, 2.24) is 0 Å². The molecule has 1 N–H and O–H groups in total. The van der Waals surface area contributed by atoms with Crippen molar-refractivity contribution in [2.45, 2.75) is 25.7 Å². The normalized spacial score (nSPS) is 11.9. The molecule has 1 unspecified atom stereocenters. The van der Waals surface area contributed by atoms with Crippen molar-refractivity contribution in [2.24, 2.45) is 0 Å². The zero-order chi connectivity index (χ0) is 15.2. The molecule has 0 saturated carbocycles. The number of ether oxygens (including phenoxy) is 1. The van der Waals surface area contributed by atoms with Crippen LogP contribution in [-0.4, -0.2) is 18.2 Å².